The first-order valence-corrected chi connectivity index (χ1v) is 7.58. The predicted molar refractivity (Wildman–Crippen MR) is 78.2 cm³/mol. The van der Waals surface area contributed by atoms with Crippen LogP contribution in [-0.2, 0) is 10.0 Å². The minimum Gasteiger partial charge on any atom is -0.477 e. The number of carboxylic acid groups (broad SMARTS) is 1. The number of halogens is 1. The highest BCUT2D eigenvalue weighted by Crippen LogP contribution is 2.27. The Hall–Kier alpha value is -2.12. The Morgan fingerprint density at radius 2 is 1.95 bits per heavy atom. The summed E-state index contributed by atoms with van der Waals surface area (Å²) in [6, 6.07) is 8.61. The fourth-order valence-corrected chi connectivity index (χ4v) is 3.35. The van der Waals surface area contributed by atoms with E-state index in [4.69, 9.17) is 16.7 Å². The van der Waals surface area contributed by atoms with Crippen LogP contribution in [0.3, 0.4) is 0 Å². The third-order valence-electron chi connectivity index (χ3n) is 2.80. The standard InChI is InChI=1S/C13H11ClN2O4S/c1-16(9-6-7-15-11(8-9)13(17)18)21(19,20)12-5-3-2-4-10(12)14/h2-8H,1H3,(H,17,18). The molecule has 0 atom stereocenters. The average molecular weight is 327 g/mol. The smallest absolute Gasteiger partial charge is 0.354 e. The van der Waals surface area contributed by atoms with E-state index in [-0.39, 0.29) is 21.3 Å². The molecule has 0 aliphatic carbocycles. The zero-order valence-electron chi connectivity index (χ0n) is 10.9. The quantitative estimate of drug-likeness (QED) is 0.931. The molecule has 8 heteroatoms. The van der Waals surface area contributed by atoms with Crippen LogP contribution in [0.2, 0.25) is 5.02 Å². The minimum atomic E-state index is -3.88. The summed E-state index contributed by atoms with van der Waals surface area (Å²) in [6.45, 7) is 0. The largest absolute Gasteiger partial charge is 0.477 e. The highest BCUT2D eigenvalue weighted by Gasteiger charge is 2.24. The second kappa shape index (κ2) is 5.71. The molecular weight excluding hydrogens is 316 g/mol. The SMILES string of the molecule is CN(c1ccnc(C(=O)O)c1)S(=O)(=O)c1ccccc1Cl. The number of rotatable bonds is 4. The number of benzene rings is 1. The average Bonchev–Trinajstić information content (AvgIpc) is 2.46. The molecule has 110 valence electrons. The highest BCUT2D eigenvalue weighted by atomic mass is 35.5. The van der Waals surface area contributed by atoms with E-state index in [0.29, 0.717) is 0 Å². The summed E-state index contributed by atoms with van der Waals surface area (Å²) in [7, 11) is -2.57. The number of hydrogen-bond donors (Lipinski definition) is 1. The molecule has 0 saturated heterocycles. The molecule has 6 nitrogen and oxygen atoms in total. The fraction of sp³-hybridized carbons (Fsp3) is 0.0769. The van der Waals surface area contributed by atoms with E-state index in [1.54, 1.807) is 12.1 Å². The molecule has 0 saturated carbocycles. The Labute approximate surface area is 126 Å². The molecule has 0 bridgehead atoms. The number of aromatic nitrogens is 1. The van der Waals surface area contributed by atoms with Gasteiger partial charge in [-0.3, -0.25) is 4.31 Å². The number of carboxylic acids is 1. The van der Waals surface area contributed by atoms with Crippen LogP contribution >= 0.6 is 11.6 Å². The maximum absolute atomic E-state index is 12.5. The van der Waals surface area contributed by atoms with Gasteiger partial charge in [-0.2, -0.15) is 0 Å². The van der Waals surface area contributed by atoms with Crippen LogP contribution in [0.1, 0.15) is 10.5 Å². The Morgan fingerprint density at radius 3 is 2.57 bits per heavy atom. The van der Waals surface area contributed by atoms with Gasteiger partial charge in [-0.25, -0.2) is 18.2 Å². The fourth-order valence-electron chi connectivity index (χ4n) is 1.67. The van der Waals surface area contributed by atoms with Gasteiger partial charge < -0.3 is 5.11 Å². The normalized spacial score (nSPS) is 11.1. The topological polar surface area (TPSA) is 87.6 Å². The molecule has 0 aliphatic heterocycles. The molecule has 0 amide bonds. The molecule has 1 aromatic heterocycles. The predicted octanol–water partition coefficient (Wildman–Crippen LogP) is 2.26. The van der Waals surface area contributed by atoms with Crippen LogP contribution in [0.4, 0.5) is 5.69 Å². The van der Waals surface area contributed by atoms with Crippen molar-refractivity contribution in [3.63, 3.8) is 0 Å². The van der Waals surface area contributed by atoms with E-state index in [0.717, 1.165) is 4.31 Å². The van der Waals surface area contributed by atoms with Gasteiger partial charge in [0, 0.05) is 13.2 Å². The lowest BCUT2D eigenvalue weighted by Crippen LogP contribution is -2.27. The van der Waals surface area contributed by atoms with Crippen molar-refractivity contribution in [3.8, 4) is 0 Å². The molecule has 2 rings (SSSR count). The second-order valence-corrected chi connectivity index (χ2v) is 6.45. The molecule has 1 heterocycles. The molecule has 0 spiro atoms. The van der Waals surface area contributed by atoms with Crippen molar-refractivity contribution < 1.29 is 18.3 Å². The zero-order chi connectivity index (χ0) is 15.6. The van der Waals surface area contributed by atoms with Crippen LogP contribution < -0.4 is 4.31 Å². The van der Waals surface area contributed by atoms with E-state index in [1.807, 2.05) is 0 Å². The number of pyridine rings is 1. The van der Waals surface area contributed by atoms with E-state index in [1.165, 1.54) is 37.5 Å². The van der Waals surface area contributed by atoms with Gasteiger partial charge in [0.25, 0.3) is 10.0 Å². The van der Waals surface area contributed by atoms with Gasteiger partial charge in [0.2, 0.25) is 0 Å². The van der Waals surface area contributed by atoms with Crippen molar-refractivity contribution in [1.82, 2.24) is 4.98 Å². The summed E-state index contributed by atoms with van der Waals surface area (Å²) < 4.78 is 26.0. The maximum atomic E-state index is 12.5. The summed E-state index contributed by atoms with van der Waals surface area (Å²) in [5, 5.41) is 9.00. The monoisotopic (exact) mass is 326 g/mol. The number of carbonyl (C=O) groups is 1. The first-order valence-electron chi connectivity index (χ1n) is 5.77. The number of aromatic carboxylic acids is 1. The first-order chi connectivity index (χ1) is 9.84. The van der Waals surface area contributed by atoms with Crippen molar-refractivity contribution in [3.05, 3.63) is 53.3 Å². The summed E-state index contributed by atoms with van der Waals surface area (Å²) in [4.78, 5) is 14.5. The van der Waals surface area contributed by atoms with Gasteiger partial charge in [-0.05, 0) is 24.3 Å². The third-order valence-corrected chi connectivity index (χ3v) is 5.09. The Morgan fingerprint density at radius 1 is 1.29 bits per heavy atom. The van der Waals surface area contributed by atoms with Crippen LogP contribution in [0.25, 0.3) is 0 Å². The van der Waals surface area contributed by atoms with Crippen LogP contribution in [-0.4, -0.2) is 31.5 Å². The molecule has 0 unspecified atom stereocenters. The second-order valence-electron chi connectivity index (χ2n) is 4.11. The lowest BCUT2D eigenvalue weighted by Gasteiger charge is -2.20. The zero-order valence-corrected chi connectivity index (χ0v) is 12.5. The van der Waals surface area contributed by atoms with Crippen molar-refractivity contribution in [2.75, 3.05) is 11.4 Å². The Balaban J connectivity index is 2.48. The van der Waals surface area contributed by atoms with Crippen LogP contribution in [0.5, 0.6) is 0 Å². The van der Waals surface area contributed by atoms with Gasteiger partial charge >= 0.3 is 5.97 Å². The minimum absolute atomic E-state index is 0.0529. The third kappa shape index (κ3) is 2.98. The number of sulfonamides is 1. The van der Waals surface area contributed by atoms with Crippen molar-refractivity contribution >= 4 is 33.3 Å². The van der Waals surface area contributed by atoms with Crippen molar-refractivity contribution in [2.45, 2.75) is 4.90 Å². The Kier molecular flexibility index (Phi) is 4.15. The van der Waals surface area contributed by atoms with E-state index >= 15 is 0 Å². The molecule has 0 fully saturated rings. The van der Waals surface area contributed by atoms with Gasteiger partial charge in [0.1, 0.15) is 10.6 Å². The Bertz CT molecular complexity index is 792. The van der Waals surface area contributed by atoms with Crippen molar-refractivity contribution in [2.24, 2.45) is 0 Å². The molecule has 0 radical (unpaired) electrons. The van der Waals surface area contributed by atoms with Gasteiger partial charge in [-0.15, -0.1) is 0 Å². The number of anilines is 1. The van der Waals surface area contributed by atoms with E-state index in [9.17, 15) is 13.2 Å². The molecule has 0 aliphatic rings. The first kappa shape index (κ1) is 15.3. The van der Waals surface area contributed by atoms with E-state index in [2.05, 4.69) is 4.98 Å². The molecule has 1 aromatic carbocycles. The molecule has 21 heavy (non-hydrogen) atoms. The van der Waals surface area contributed by atoms with Gasteiger partial charge in [0.15, 0.2) is 0 Å². The molecular formula is C13H11ClN2O4S. The summed E-state index contributed by atoms with van der Waals surface area (Å²) >= 11 is 5.91. The molecule has 1 N–H and O–H groups in total. The summed E-state index contributed by atoms with van der Waals surface area (Å²) in [5.74, 6) is -1.24. The number of hydrogen-bond acceptors (Lipinski definition) is 4. The maximum Gasteiger partial charge on any atom is 0.354 e. The lowest BCUT2D eigenvalue weighted by molar-refractivity contribution is 0.0690. The number of nitrogens with zero attached hydrogens (tertiary/aromatic N) is 2. The van der Waals surface area contributed by atoms with Crippen molar-refractivity contribution in [1.29, 1.82) is 0 Å². The highest BCUT2D eigenvalue weighted by molar-refractivity contribution is 7.93. The lowest BCUT2D eigenvalue weighted by atomic mass is 10.3. The van der Waals surface area contributed by atoms with Gasteiger partial charge in [-0.1, -0.05) is 23.7 Å². The van der Waals surface area contributed by atoms with Crippen LogP contribution in [0, 0.1) is 0 Å². The van der Waals surface area contributed by atoms with Gasteiger partial charge in [0.05, 0.1) is 10.7 Å². The van der Waals surface area contributed by atoms with E-state index < -0.39 is 16.0 Å². The summed E-state index contributed by atoms with van der Waals surface area (Å²) in [6.07, 6.45) is 1.23. The summed E-state index contributed by atoms with van der Waals surface area (Å²) in [5.41, 5.74) is -0.0592. The molecule has 2 aromatic rings. The van der Waals surface area contributed by atoms with Crippen LogP contribution in [0.15, 0.2) is 47.5 Å².